The first-order valence-electron chi connectivity index (χ1n) is 8.81. The van der Waals surface area contributed by atoms with Gasteiger partial charge >= 0.3 is 0 Å². The molecule has 0 aliphatic carbocycles. The molecule has 2 aliphatic rings. The van der Waals surface area contributed by atoms with Crippen molar-refractivity contribution < 1.29 is 4.79 Å². The van der Waals surface area contributed by atoms with Gasteiger partial charge in [-0.05, 0) is 42.5 Å². The Balaban J connectivity index is 1.43. The number of likely N-dealkylation sites (tertiary alicyclic amines) is 1. The zero-order chi connectivity index (χ0) is 16.4. The average Bonchev–Trinajstić information content (AvgIpc) is 3.12. The molecule has 2 aromatic rings. The van der Waals surface area contributed by atoms with Gasteiger partial charge in [0.1, 0.15) is 0 Å². The second-order valence-electron chi connectivity index (χ2n) is 6.73. The van der Waals surface area contributed by atoms with Gasteiger partial charge < -0.3 is 4.90 Å². The predicted octanol–water partition coefficient (Wildman–Crippen LogP) is 2.80. The number of aromatic nitrogens is 1. The van der Waals surface area contributed by atoms with E-state index in [1.165, 1.54) is 11.1 Å². The number of benzene rings is 1. The number of carbonyl (C=O) groups is 1. The van der Waals surface area contributed by atoms with Crippen LogP contribution in [0.2, 0.25) is 0 Å². The Bertz CT molecular complexity index is 716. The summed E-state index contributed by atoms with van der Waals surface area (Å²) >= 11 is 0. The summed E-state index contributed by atoms with van der Waals surface area (Å²) in [6.07, 6.45) is 4.94. The fraction of sp³-hybridized carbons (Fsp3) is 0.400. The molecule has 2 aliphatic heterocycles. The number of nitrogens with zero attached hydrogens (tertiary/aromatic N) is 3. The lowest BCUT2D eigenvalue weighted by Gasteiger charge is -2.31. The van der Waals surface area contributed by atoms with Gasteiger partial charge in [0.05, 0.1) is 18.3 Å². The molecule has 0 radical (unpaired) electrons. The summed E-state index contributed by atoms with van der Waals surface area (Å²) < 4.78 is 0. The van der Waals surface area contributed by atoms with Crippen LogP contribution in [0.25, 0.3) is 0 Å². The summed E-state index contributed by atoms with van der Waals surface area (Å²) in [5, 5.41) is 0. The first-order chi connectivity index (χ1) is 11.8. The lowest BCUT2D eigenvalue weighted by atomic mass is 10.00. The van der Waals surface area contributed by atoms with E-state index in [1.54, 1.807) is 0 Å². The molecule has 0 bridgehead atoms. The molecule has 4 heteroatoms. The molecule has 0 N–H and O–H groups in total. The fourth-order valence-corrected chi connectivity index (χ4v) is 3.92. The summed E-state index contributed by atoms with van der Waals surface area (Å²) in [4.78, 5) is 21.6. The van der Waals surface area contributed by atoms with Crippen molar-refractivity contribution in [3.8, 4) is 0 Å². The lowest BCUT2D eigenvalue weighted by Crippen LogP contribution is -2.42. The SMILES string of the molecule is O=C(CN1CCc2ccccc2C1)N1CCC[C@H]1c1ccccn1. The molecule has 3 heterocycles. The Kier molecular flexibility index (Phi) is 4.30. The van der Waals surface area contributed by atoms with Crippen molar-refractivity contribution in [2.45, 2.75) is 31.8 Å². The van der Waals surface area contributed by atoms with Crippen molar-refractivity contribution in [2.75, 3.05) is 19.6 Å². The van der Waals surface area contributed by atoms with E-state index in [0.717, 1.165) is 44.6 Å². The maximum atomic E-state index is 12.9. The van der Waals surface area contributed by atoms with Gasteiger partial charge in [0.25, 0.3) is 0 Å². The zero-order valence-electron chi connectivity index (χ0n) is 13.9. The average molecular weight is 321 g/mol. The number of carbonyl (C=O) groups excluding carboxylic acids is 1. The van der Waals surface area contributed by atoms with E-state index >= 15 is 0 Å². The minimum Gasteiger partial charge on any atom is -0.333 e. The number of pyridine rings is 1. The number of rotatable bonds is 3. The molecule has 1 aromatic heterocycles. The van der Waals surface area contributed by atoms with Gasteiger partial charge in [-0.15, -0.1) is 0 Å². The van der Waals surface area contributed by atoms with Gasteiger partial charge in [0, 0.05) is 25.8 Å². The summed E-state index contributed by atoms with van der Waals surface area (Å²) in [6, 6.07) is 14.7. The van der Waals surface area contributed by atoms with Gasteiger partial charge in [0.15, 0.2) is 0 Å². The largest absolute Gasteiger partial charge is 0.333 e. The first kappa shape index (κ1) is 15.3. The second kappa shape index (κ2) is 6.73. The van der Waals surface area contributed by atoms with Crippen LogP contribution in [0.5, 0.6) is 0 Å². The molecule has 1 fully saturated rings. The van der Waals surface area contributed by atoms with E-state index in [4.69, 9.17) is 0 Å². The highest BCUT2D eigenvalue weighted by molar-refractivity contribution is 5.79. The van der Waals surface area contributed by atoms with Crippen molar-refractivity contribution in [2.24, 2.45) is 0 Å². The molecule has 1 aromatic carbocycles. The Morgan fingerprint density at radius 2 is 1.92 bits per heavy atom. The van der Waals surface area contributed by atoms with E-state index in [0.29, 0.717) is 6.54 Å². The molecule has 24 heavy (non-hydrogen) atoms. The maximum Gasteiger partial charge on any atom is 0.237 e. The fourth-order valence-electron chi connectivity index (χ4n) is 3.92. The van der Waals surface area contributed by atoms with Gasteiger partial charge in [-0.1, -0.05) is 30.3 Å². The molecule has 124 valence electrons. The molecule has 0 unspecified atom stereocenters. The van der Waals surface area contributed by atoms with E-state index < -0.39 is 0 Å². The lowest BCUT2D eigenvalue weighted by molar-refractivity contribution is -0.133. The van der Waals surface area contributed by atoms with Crippen LogP contribution in [0.15, 0.2) is 48.7 Å². The highest BCUT2D eigenvalue weighted by Crippen LogP contribution is 2.31. The monoisotopic (exact) mass is 321 g/mol. The Hall–Kier alpha value is -2.20. The number of amides is 1. The third-order valence-electron chi connectivity index (χ3n) is 5.17. The molecule has 1 atom stereocenters. The summed E-state index contributed by atoms with van der Waals surface area (Å²) in [5.74, 6) is 0.238. The first-order valence-corrected chi connectivity index (χ1v) is 8.81. The van der Waals surface area contributed by atoms with Crippen molar-refractivity contribution in [3.05, 3.63) is 65.5 Å². The molecule has 1 saturated heterocycles. The van der Waals surface area contributed by atoms with Crippen LogP contribution < -0.4 is 0 Å². The van der Waals surface area contributed by atoms with Crippen LogP contribution in [-0.4, -0.2) is 40.3 Å². The zero-order valence-corrected chi connectivity index (χ0v) is 13.9. The number of fused-ring (bicyclic) bond motifs is 1. The van der Waals surface area contributed by atoms with Crippen molar-refractivity contribution in [3.63, 3.8) is 0 Å². The third-order valence-corrected chi connectivity index (χ3v) is 5.17. The predicted molar refractivity (Wildman–Crippen MR) is 93.3 cm³/mol. The molecular weight excluding hydrogens is 298 g/mol. The smallest absolute Gasteiger partial charge is 0.237 e. The summed E-state index contributed by atoms with van der Waals surface area (Å²) in [7, 11) is 0. The van der Waals surface area contributed by atoms with E-state index in [9.17, 15) is 4.79 Å². The standard InChI is InChI=1S/C20H23N3O/c24-20(15-22-13-10-16-6-1-2-7-17(16)14-22)23-12-5-9-19(23)18-8-3-4-11-21-18/h1-4,6-8,11,19H,5,9-10,12-15H2/t19-/m0/s1. The molecule has 1 amide bonds. The van der Waals surface area contributed by atoms with Crippen molar-refractivity contribution >= 4 is 5.91 Å². The van der Waals surface area contributed by atoms with Crippen molar-refractivity contribution in [1.29, 1.82) is 0 Å². The van der Waals surface area contributed by atoms with Crippen LogP contribution in [-0.2, 0) is 17.8 Å². The van der Waals surface area contributed by atoms with Crippen LogP contribution in [0.1, 0.15) is 35.7 Å². The molecule has 4 rings (SSSR count). The summed E-state index contributed by atoms with van der Waals surface area (Å²) in [6.45, 7) is 3.21. The molecular formula is C20H23N3O. The van der Waals surface area contributed by atoms with E-state index in [-0.39, 0.29) is 11.9 Å². The Labute approximate surface area is 143 Å². The summed E-state index contributed by atoms with van der Waals surface area (Å²) in [5.41, 5.74) is 3.81. The minimum atomic E-state index is 0.149. The molecule has 4 nitrogen and oxygen atoms in total. The van der Waals surface area contributed by atoms with Crippen LogP contribution >= 0.6 is 0 Å². The second-order valence-corrected chi connectivity index (χ2v) is 6.73. The third kappa shape index (κ3) is 3.06. The minimum absolute atomic E-state index is 0.149. The number of hydrogen-bond donors (Lipinski definition) is 0. The van der Waals surface area contributed by atoms with E-state index in [2.05, 4.69) is 34.1 Å². The highest BCUT2D eigenvalue weighted by atomic mass is 16.2. The molecule has 0 saturated carbocycles. The van der Waals surface area contributed by atoms with Crippen LogP contribution in [0, 0.1) is 0 Å². The van der Waals surface area contributed by atoms with E-state index in [1.807, 2.05) is 29.3 Å². The quantitative estimate of drug-likeness (QED) is 0.872. The highest BCUT2D eigenvalue weighted by Gasteiger charge is 2.31. The topological polar surface area (TPSA) is 36.4 Å². The Morgan fingerprint density at radius 3 is 2.75 bits per heavy atom. The Morgan fingerprint density at radius 1 is 1.08 bits per heavy atom. The van der Waals surface area contributed by atoms with Gasteiger partial charge in [-0.25, -0.2) is 0 Å². The van der Waals surface area contributed by atoms with Crippen LogP contribution in [0.3, 0.4) is 0 Å². The van der Waals surface area contributed by atoms with Gasteiger partial charge in [-0.2, -0.15) is 0 Å². The van der Waals surface area contributed by atoms with Gasteiger partial charge in [-0.3, -0.25) is 14.7 Å². The maximum absolute atomic E-state index is 12.9. The van der Waals surface area contributed by atoms with Gasteiger partial charge in [0.2, 0.25) is 5.91 Å². The number of hydrogen-bond acceptors (Lipinski definition) is 3. The molecule has 0 spiro atoms. The van der Waals surface area contributed by atoms with Crippen LogP contribution in [0.4, 0.5) is 0 Å². The van der Waals surface area contributed by atoms with Crippen molar-refractivity contribution in [1.82, 2.24) is 14.8 Å². The normalized spacial score (nSPS) is 20.8.